The molecule has 0 aliphatic carbocycles. The summed E-state index contributed by atoms with van der Waals surface area (Å²) in [7, 11) is 3.38. The van der Waals surface area contributed by atoms with Crippen molar-refractivity contribution in [2.45, 2.75) is 17.3 Å². The number of rotatable bonds is 6. The molecule has 1 atom stereocenters. The zero-order valence-corrected chi connectivity index (χ0v) is 16.0. The standard InChI is InChI=1S/C19H19FN4O2S/c1-12(18(25)21-15-7-9-16(26-3)10-8-15)27-19-23-22-17(24(19)2)13-5-4-6-14(20)11-13/h4-12H,1-3H3,(H,21,25). The first kappa shape index (κ1) is 18.9. The number of hydrogen-bond donors (Lipinski definition) is 1. The van der Waals surface area contributed by atoms with Gasteiger partial charge in [0.2, 0.25) is 5.91 Å². The number of aromatic nitrogens is 3. The lowest BCUT2D eigenvalue weighted by molar-refractivity contribution is -0.115. The van der Waals surface area contributed by atoms with Crippen molar-refractivity contribution in [2.75, 3.05) is 12.4 Å². The molecule has 1 N–H and O–H groups in total. The molecule has 1 amide bonds. The van der Waals surface area contributed by atoms with Gasteiger partial charge in [-0.15, -0.1) is 10.2 Å². The Balaban J connectivity index is 1.68. The minimum atomic E-state index is -0.393. The molecule has 0 aliphatic rings. The molecule has 0 fully saturated rings. The van der Waals surface area contributed by atoms with Crippen LogP contribution in [0.2, 0.25) is 0 Å². The van der Waals surface area contributed by atoms with Crippen LogP contribution in [-0.4, -0.2) is 33.0 Å². The van der Waals surface area contributed by atoms with Crippen LogP contribution in [0.4, 0.5) is 10.1 Å². The molecule has 0 radical (unpaired) electrons. The van der Waals surface area contributed by atoms with Crippen molar-refractivity contribution < 1.29 is 13.9 Å². The molecule has 8 heteroatoms. The second kappa shape index (κ2) is 8.22. The van der Waals surface area contributed by atoms with Crippen molar-refractivity contribution in [3.63, 3.8) is 0 Å². The minimum absolute atomic E-state index is 0.152. The van der Waals surface area contributed by atoms with E-state index in [0.29, 0.717) is 22.2 Å². The number of amides is 1. The number of halogens is 1. The Morgan fingerprint density at radius 2 is 1.96 bits per heavy atom. The van der Waals surface area contributed by atoms with Gasteiger partial charge in [0, 0.05) is 18.3 Å². The molecule has 0 saturated carbocycles. The average molecular weight is 386 g/mol. The number of benzene rings is 2. The summed E-state index contributed by atoms with van der Waals surface area (Å²) in [4.78, 5) is 12.4. The Bertz CT molecular complexity index is 943. The second-order valence-electron chi connectivity index (χ2n) is 5.85. The van der Waals surface area contributed by atoms with Gasteiger partial charge in [-0.05, 0) is 43.3 Å². The Hall–Kier alpha value is -2.87. The fourth-order valence-corrected chi connectivity index (χ4v) is 3.24. The lowest BCUT2D eigenvalue weighted by Gasteiger charge is -2.12. The summed E-state index contributed by atoms with van der Waals surface area (Å²) in [5, 5.41) is 11.3. The van der Waals surface area contributed by atoms with Gasteiger partial charge in [-0.3, -0.25) is 4.79 Å². The first-order chi connectivity index (χ1) is 13.0. The van der Waals surface area contributed by atoms with Crippen LogP contribution in [-0.2, 0) is 11.8 Å². The SMILES string of the molecule is COc1ccc(NC(=O)C(C)Sc2nnc(-c3cccc(F)c3)n2C)cc1. The maximum atomic E-state index is 13.4. The monoisotopic (exact) mass is 386 g/mol. The molecule has 1 unspecified atom stereocenters. The number of anilines is 1. The number of methoxy groups -OCH3 is 1. The van der Waals surface area contributed by atoms with Crippen LogP contribution in [0, 0.1) is 5.82 Å². The lowest BCUT2D eigenvalue weighted by atomic mass is 10.2. The Labute approximate surface area is 160 Å². The summed E-state index contributed by atoms with van der Waals surface area (Å²) in [5.74, 6) is 0.775. The fraction of sp³-hybridized carbons (Fsp3) is 0.211. The van der Waals surface area contributed by atoms with Crippen LogP contribution >= 0.6 is 11.8 Å². The highest BCUT2D eigenvalue weighted by atomic mass is 32.2. The van der Waals surface area contributed by atoms with Crippen molar-refractivity contribution in [3.05, 3.63) is 54.3 Å². The summed E-state index contributed by atoms with van der Waals surface area (Å²) < 4.78 is 20.3. The van der Waals surface area contributed by atoms with Gasteiger partial charge in [0.1, 0.15) is 11.6 Å². The number of hydrogen-bond acceptors (Lipinski definition) is 5. The molecule has 0 spiro atoms. The third-order valence-corrected chi connectivity index (χ3v) is 5.06. The van der Waals surface area contributed by atoms with E-state index < -0.39 is 5.25 Å². The second-order valence-corrected chi connectivity index (χ2v) is 7.16. The maximum absolute atomic E-state index is 13.4. The van der Waals surface area contributed by atoms with Gasteiger partial charge in [0.05, 0.1) is 12.4 Å². The number of ether oxygens (including phenoxy) is 1. The van der Waals surface area contributed by atoms with E-state index in [2.05, 4.69) is 15.5 Å². The third-order valence-electron chi connectivity index (χ3n) is 3.93. The van der Waals surface area contributed by atoms with E-state index in [1.807, 2.05) is 0 Å². The summed E-state index contributed by atoms with van der Waals surface area (Å²) in [5.41, 5.74) is 1.32. The molecule has 3 aromatic rings. The minimum Gasteiger partial charge on any atom is -0.497 e. The summed E-state index contributed by atoms with van der Waals surface area (Å²) in [6, 6.07) is 13.3. The van der Waals surface area contributed by atoms with Crippen LogP contribution in [0.3, 0.4) is 0 Å². The van der Waals surface area contributed by atoms with Crippen molar-refractivity contribution in [2.24, 2.45) is 7.05 Å². The summed E-state index contributed by atoms with van der Waals surface area (Å²) >= 11 is 1.28. The van der Waals surface area contributed by atoms with E-state index >= 15 is 0 Å². The molecule has 3 rings (SSSR count). The number of thioether (sulfide) groups is 1. The van der Waals surface area contributed by atoms with Gasteiger partial charge in [-0.1, -0.05) is 23.9 Å². The first-order valence-corrected chi connectivity index (χ1v) is 9.13. The van der Waals surface area contributed by atoms with Gasteiger partial charge < -0.3 is 14.6 Å². The Kier molecular flexibility index (Phi) is 5.75. The number of carbonyl (C=O) groups is 1. The molecule has 0 bridgehead atoms. The first-order valence-electron chi connectivity index (χ1n) is 8.25. The molecular formula is C19H19FN4O2S. The molecule has 140 valence electrons. The van der Waals surface area contributed by atoms with Gasteiger partial charge >= 0.3 is 0 Å². The normalized spacial score (nSPS) is 11.9. The van der Waals surface area contributed by atoms with Crippen LogP contribution in [0.1, 0.15) is 6.92 Å². The molecule has 6 nitrogen and oxygen atoms in total. The highest BCUT2D eigenvalue weighted by molar-refractivity contribution is 8.00. The predicted molar refractivity (Wildman–Crippen MR) is 103 cm³/mol. The molecular weight excluding hydrogens is 367 g/mol. The summed E-state index contributed by atoms with van der Waals surface area (Å²) in [6.45, 7) is 1.79. The molecule has 0 saturated heterocycles. The highest BCUT2D eigenvalue weighted by Gasteiger charge is 2.19. The van der Waals surface area contributed by atoms with Crippen LogP contribution in [0.5, 0.6) is 5.75 Å². The fourth-order valence-electron chi connectivity index (χ4n) is 2.43. The van der Waals surface area contributed by atoms with Crippen molar-refractivity contribution >= 4 is 23.4 Å². The van der Waals surface area contributed by atoms with Crippen LogP contribution in [0.25, 0.3) is 11.4 Å². The van der Waals surface area contributed by atoms with E-state index in [1.54, 1.807) is 62.0 Å². The smallest absolute Gasteiger partial charge is 0.237 e. The van der Waals surface area contributed by atoms with Gasteiger partial charge in [-0.2, -0.15) is 0 Å². The van der Waals surface area contributed by atoms with Crippen molar-refractivity contribution in [3.8, 4) is 17.1 Å². The van der Waals surface area contributed by atoms with Crippen molar-refractivity contribution in [1.82, 2.24) is 14.8 Å². The van der Waals surface area contributed by atoms with Gasteiger partial charge in [0.25, 0.3) is 0 Å². The van der Waals surface area contributed by atoms with E-state index in [-0.39, 0.29) is 11.7 Å². The van der Waals surface area contributed by atoms with Crippen LogP contribution < -0.4 is 10.1 Å². The molecule has 0 aliphatic heterocycles. The van der Waals surface area contributed by atoms with Gasteiger partial charge in [-0.25, -0.2) is 4.39 Å². The molecule has 2 aromatic carbocycles. The Morgan fingerprint density at radius 3 is 2.63 bits per heavy atom. The average Bonchev–Trinajstić information content (AvgIpc) is 3.02. The molecule has 1 heterocycles. The molecule has 27 heavy (non-hydrogen) atoms. The van der Waals surface area contributed by atoms with E-state index in [4.69, 9.17) is 4.74 Å². The zero-order valence-electron chi connectivity index (χ0n) is 15.1. The Morgan fingerprint density at radius 1 is 1.22 bits per heavy atom. The van der Waals surface area contributed by atoms with E-state index in [9.17, 15) is 9.18 Å². The summed E-state index contributed by atoms with van der Waals surface area (Å²) in [6.07, 6.45) is 0. The quantitative estimate of drug-likeness (QED) is 0.654. The largest absolute Gasteiger partial charge is 0.497 e. The zero-order chi connectivity index (χ0) is 19.4. The van der Waals surface area contributed by atoms with E-state index in [1.165, 1.54) is 23.9 Å². The van der Waals surface area contributed by atoms with Gasteiger partial charge in [0.15, 0.2) is 11.0 Å². The molecule has 1 aromatic heterocycles. The third kappa shape index (κ3) is 4.46. The highest BCUT2D eigenvalue weighted by Crippen LogP contribution is 2.26. The number of nitrogens with zero attached hydrogens (tertiary/aromatic N) is 3. The van der Waals surface area contributed by atoms with E-state index in [0.717, 1.165) is 5.75 Å². The van der Waals surface area contributed by atoms with Crippen molar-refractivity contribution in [1.29, 1.82) is 0 Å². The predicted octanol–water partition coefficient (Wildman–Crippen LogP) is 3.75. The number of nitrogens with one attached hydrogen (secondary N) is 1. The van der Waals surface area contributed by atoms with Crippen LogP contribution in [0.15, 0.2) is 53.7 Å². The number of carbonyl (C=O) groups excluding carboxylic acids is 1. The maximum Gasteiger partial charge on any atom is 0.237 e. The lowest BCUT2D eigenvalue weighted by Crippen LogP contribution is -2.22. The topological polar surface area (TPSA) is 69.0 Å².